The first-order valence-corrected chi connectivity index (χ1v) is 5.72. The van der Waals surface area contributed by atoms with Crippen LogP contribution < -0.4 is 5.32 Å². The van der Waals surface area contributed by atoms with Gasteiger partial charge in [0, 0.05) is 0 Å². The van der Waals surface area contributed by atoms with Crippen molar-refractivity contribution in [2.75, 3.05) is 13.6 Å². The third-order valence-electron chi connectivity index (χ3n) is 2.37. The molecule has 0 radical (unpaired) electrons. The zero-order valence-electron chi connectivity index (χ0n) is 9.81. The largest absolute Gasteiger partial charge is 0.319 e. The van der Waals surface area contributed by atoms with E-state index in [4.69, 9.17) is 0 Å². The van der Waals surface area contributed by atoms with E-state index in [1.807, 2.05) is 13.1 Å². The summed E-state index contributed by atoms with van der Waals surface area (Å²) in [6.07, 6.45) is 11.9. The van der Waals surface area contributed by atoms with Gasteiger partial charge in [-0.25, -0.2) is 0 Å². The maximum absolute atomic E-state index is 3.73. The second-order valence-corrected chi connectivity index (χ2v) is 3.83. The molecule has 0 fully saturated rings. The maximum atomic E-state index is 3.73. The van der Waals surface area contributed by atoms with Gasteiger partial charge in [0.2, 0.25) is 0 Å². The maximum Gasteiger partial charge on any atom is -0.00172 e. The van der Waals surface area contributed by atoms with Gasteiger partial charge in [-0.05, 0) is 52.6 Å². The van der Waals surface area contributed by atoms with Gasteiger partial charge in [0.25, 0.3) is 0 Å². The topological polar surface area (TPSA) is 12.0 Å². The second-order valence-electron chi connectivity index (χ2n) is 3.83. The lowest BCUT2D eigenvalue weighted by Gasteiger charge is -2.01. The van der Waals surface area contributed by atoms with Crippen LogP contribution in [0, 0.1) is 0 Å². The lowest BCUT2D eigenvalue weighted by Crippen LogP contribution is -2.06. The Bertz CT molecular complexity index is 159. The lowest BCUT2D eigenvalue weighted by molar-refractivity contribution is 0.681. The number of rotatable bonds is 9. The van der Waals surface area contributed by atoms with Gasteiger partial charge in [-0.2, -0.15) is 0 Å². The zero-order chi connectivity index (χ0) is 10.6. The molecule has 0 spiro atoms. The fourth-order valence-electron chi connectivity index (χ4n) is 1.43. The Balaban J connectivity index is 3.29. The quantitative estimate of drug-likeness (QED) is 0.437. The number of unbranched alkanes of at least 4 members (excludes halogenated alkanes) is 3. The molecule has 0 aliphatic heterocycles. The summed E-state index contributed by atoms with van der Waals surface area (Å²) in [6.45, 7) is 7.06. The summed E-state index contributed by atoms with van der Waals surface area (Å²) >= 11 is 0. The van der Waals surface area contributed by atoms with Crippen LogP contribution >= 0.6 is 0 Å². The molecule has 0 rings (SSSR count). The predicted octanol–water partition coefficient (Wildman–Crippen LogP) is 3.68. The fourth-order valence-corrected chi connectivity index (χ4v) is 1.43. The van der Waals surface area contributed by atoms with Crippen molar-refractivity contribution in [2.45, 2.75) is 45.4 Å². The van der Waals surface area contributed by atoms with Crippen LogP contribution in [0.25, 0.3) is 0 Å². The van der Waals surface area contributed by atoms with Crippen molar-refractivity contribution in [1.29, 1.82) is 0 Å². The normalized spacial score (nSPS) is 11.7. The molecule has 0 aliphatic carbocycles. The molecule has 0 aromatic rings. The first kappa shape index (κ1) is 13.4. The molecule has 0 aliphatic rings. The Labute approximate surface area is 89.3 Å². The minimum absolute atomic E-state index is 1.09. The minimum atomic E-state index is 1.09. The van der Waals surface area contributed by atoms with Crippen LogP contribution in [0.1, 0.15) is 45.4 Å². The van der Waals surface area contributed by atoms with Crippen molar-refractivity contribution >= 4 is 0 Å². The molecule has 0 atom stereocenters. The van der Waals surface area contributed by atoms with Crippen molar-refractivity contribution < 1.29 is 0 Å². The van der Waals surface area contributed by atoms with Crippen molar-refractivity contribution in [3.05, 3.63) is 24.3 Å². The highest BCUT2D eigenvalue weighted by molar-refractivity contribution is 4.97. The molecule has 0 amide bonds. The van der Waals surface area contributed by atoms with E-state index in [9.17, 15) is 0 Å². The molecule has 0 aromatic heterocycles. The van der Waals surface area contributed by atoms with E-state index < -0.39 is 0 Å². The van der Waals surface area contributed by atoms with Crippen LogP contribution in [0.5, 0.6) is 0 Å². The number of nitrogens with one attached hydrogen (secondary N) is 1. The van der Waals surface area contributed by atoms with E-state index in [1.54, 1.807) is 5.57 Å². The van der Waals surface area contributed by atoms with E-state index in [1.165, 1.54) is 32.1 Å². The lowest BCUT2D eigenvalue weighted by atomic mass is 10.1. The van der Waals surface area contributed by atoms with Gasteiger partial charge < -0.3 is 5.32 Å². The second kappa shape index (κ2) is 10.5. The van der Waals surface area contributed by atoms with Gasteiger partial charge in [-0.1, -0.05) is 24.1 Å². The average Bonchev–Trinajstić information content (AvgIpc) is 2.18. The number of allylic oxidation sites excluding steroid dienone is 2. The Kier molecular flexibility index (Phi) is 10.1. The minimum Gasteiger partial charge on any atom is -0.319 e. The molecule has 0 aromatic carbocycles. The summed E-state index contributed by atoms with van der Waals surface area (Å²) in [5, 5.41) is 3.15. The molecule has 1 heteroatoms. The first-order valence-electron chi connectivity index (χ1n) is 5.72. The SMILES string of the molecule is C=CCCCCC/C(C)=C\CCNC. The van der Waals surface area contributed by atoms with E-state index in [0.717, 1.165) is 13.0 Å². The third kappa shape index (κ3) is 9.53. The first-order chi connectivity index (χ1) is 6.81. The van der Waals surface area contributed by atoms with Crippen molar-refractivity contribution in [2.24, 2.45) is 0 Å². The smallest absolute Gasteiger partial charge is 0.00172 e. The molecule has 0 unspecified atom stereocenters. The Morgan fingerprint density at radius 1 is 1.21 bits per heavy atom. The monoisotopic (exact) mass is 195 g/mol. The molecule has 14 heavy (non-hydrogen) atoms. The molecule has 0 bridgehead atoms. The van der Waals surface area contributed by atoms with Crippen molar-refractivity contribution in [1.82, 2.24) is 5.32 Å². The summed E-state index contributed by atoms with van der Waals surface area (Å²) in [6, 6.07) is 0. The number of hydrogen-bond donors (Lipinski definition) is 1. The van der Waals surface area contributed by atoms with Crippen LogP contribution in [-0.2, 0) is 0 Å². The van der Waals surface area contributed by atoms with Crippen LogP contribution in [0.3, 0.4) is 0 Å². The Hall–Kier alpha value is -0.560. The van der Waals surface area contributed by atoms with Crippen LogP contribution in [0.15, 0.2) is 24.3 Å². The van der Waals surface area contributed by atoms with Gasteiger partial charge in [0.1, 0.15) is 0 Å². The van der Waals surface area contributed by atoms with Crippen LogP contribution in [0.2, 0.25) is 0 Å². The number of hydrogen-bond acceptors (Lipinski definition) is 1. The standard InChI is InChI=1S/C13H25N/c1-4-5-6-7-8-10-13(2)11-9-12-14-3/h4,11,14H,1,5-10,12H2,2-3H3/b13-11-. The van der Waals surface area contributed by atoms with Gasteiger partial charge in [-0.3, -0.25) is 0 Å². The molecule has 0 saturated heterocycles. The van der Waals surface area contributed by atoms with Gasteiger partial charge in [0.15, 0.2) is 0 Å². The van der Waals surface area contributed by atoms with E-state index in [0.29, 0.717) is 0 Å². The van der Waals surface area contributed by atoms with Crippen LogP contribution in [0.4, 0.5) is 0 Å². The molecule has 0 heterocycles. The summed E-state index contributed by atoms with van der Waals surface area (Å²) in [5.41, 5.74) is 1.54. The summed E-state index contributed by atoms with van der Waals surface area (Å²) in [7, 11) is 2.00. The van der Waals surface area contributed by atoms with Gasteiger partial charge in [-0.15, -0.1) is 6.58 Å². The average molecular weight is 195 g/mol. The van der Waals surface area contributed by atoms with Gasteiger partial charge >= 0.3 is 0 Å². The van der Waals surface area contributed by atoms with Crippen LogP contribution in [-0.4, -0.2) is 13.6 Å². The molecule has 1 N–H and O–H groups in total. The van der Waals surface area contributed by atoms with Crippen molar-refractivity contribution in [3.63, 3.8) is 0 Å². The Morgan fingerprint density at radius 3 is 2.64 bits per heavy atom. The molecule has 0 saturated carbocycles. The van der Waals surface area contributed by atoms with Crippen molar-refractivity contribution in [3.8, 4) is 0 Å². The van der Waals surface area contributed by atoms with Gasteiger partial charge in [0.05, 0.1) is 0 Å². The fraction of sp³-hybridized carbons (Fsp3) is 0.692. The molecular formula is C13H25N. The highest BCUT2D eigenvalue weighted by Crippen LogP contribution is 2.10. The highest BCUT2D eigenvalue weighted by atomic mass is 14.8. The van der Waals surface area contributed by atoms with E-state index in [2.05, 4.69) is 24.9 Å². The summed E-state index contributed by atoms with van der Waals surface area (Å²) in [4.78, 5) is 0. The third-order valence-corrected chi connectivity index (χ3v) is 2.37. The molecule has 1 nitrogen and oxygen atoms in total. The molecular weight excluding hydrogens is 170 g/mol. The molecule has 82 valence electrons. The highest BCUT2D eigenvalue weighted by Gasteiger charge is 1.91. The predicted molar refractivity (Wildman–Crippen MR) is 65.6 cm³/mol. The van der Waals surface area contributed by atoms with E-state index in [-0.39, 0.29) is 0 Å². The Morgan fingerprint density at radius 2 is 2.00 bits per heavy atom. The zero-order valence-corrected chi connectivity index (χ0v) is 9.81. The van der Waals surface area contributed by atoms with E-state index >= 15 is 0 Å². The summed E-state index contributed by atoms with van der Waals surface area (Å²) in [5.74, 6) is 0. The summed E-state index contributed by atoms with van der Waals surface area (Å²) < 4.78 is 0.